The molecule has 4 nitrogen and oxygen atoms in total. The molecule has 4 heteroatoms. The van der Waals surface area contributed by atoms with E-state index in [0.29, 0.717) is 0 Å². The van der Waals surface area contributed by atoms with E-state index in [1.54, 1.807) is 0 Å². The van der Waals surface area contributed by atoms with Gasteiger partial charge in [-0.1, -0.05) is 25.0 Å². The van der Waals surface area contributed by atoms with E-state index in [1.165, 1.54) is 5.56 Å². The third-order valence-corrected chi connectivity index (χ3v) is 3.63. The number of carbonyl (C=O) groups is 1. The lowest BCUT2D eigenvalue weighted by atomic mass is 9.98. The third-order valence-electron chi connectivity index (χ3n) is 3.63. The predicted octanol–water partition coefficient (Wildman–Crippen LogP) is 1.96. The monoisotopic (exact) mass is 261 g/mol. The van der Waals surface area contributed by atoms with Crippen molar-refractivity contribution in [2.24, 2.45) is 5.73 Å². The molecule has 0 atom stereocenters. The quantitative estimate of drug-likeness (QED) is 0.871. The van der Waals surface area contributed by atoms with Gasteiger partial charge in [0.1, 0.15) is 0 Å². The summed E-state index contributed by atoms with van der Waals surface area (Å²) >= 11 is 0. The topological polar surface area (TPSA) is 58.4 Å². The van der Waals surface area contributed by atoms with E-state index in [-0.39, 0.29) is 5.91 Å². The molecule has 3 N–H and O–H groups in total. The van der Waals surface area contributed by atoms with Gasteiger partial charge >= 0.3 is 0 Å². The molecule has 1 aromatic rings. The Morgan fingerprint density at radius 3 is 2.68 bits per heavy atom. The number of amides is 1. The Bertz CT molecular complexity index is 450. The third kappa shape index (κ3) is 3.55. The highest BCUT2D eigenvalue weighted by Crippen LogP contribution is 2.28. The lowest BCUT2D eigenvalue weighted by Gasteiger charge is -2.22. The van der Waals surface area contributed by atoms with Gasteiger partial charge in [-0.05, 0) is 44.6 Å². The van der Waals surface area contributed by atoms with Gasteiger partial charge in [0.2, 0.25) is 5.91 Å². The molecule has 2 rings (SSSR count). The smallest absolute Gasteiger partial charge is 0.244 e. The van der Waals surface area contributed by atoms with Gasteiger partial charge in [0, 0.05) is 12.2 Å². The van der Waals surface area contributed by atoms with Crippen LogP contribution in [-0.2, 0) is 11.3 Å². The first-order valence-corrected chi connectivity index (χ1v) is 6.84. The summed E-state index contributed by atoms with van der Waals surface area (Å²) in [6, 6.07) is 7.95. The van der Waals surface area contributed by atoms with Crippen LogP contribution in [0.1, 0.15) is 31.2 Å². The van der Waals surface area contributed by atoms with Crippen molar-refractivity contribution in [2.75, 3.05) is 19.4 Å². The van der Waals surface area contributed by atoms with Gasteiger partial charge < -0.3 is 16.0 Å². The van der Waals surface area contributed by atoms with Crippen molar-refractivity contribution in [3.05, 3.63) is 29.8 Å². The molecule has 19 heavy (non-hydrogen) atoms. The lowest BCUT2D eigenvalue weighted by Crippen LogP contribution is -2.48. The van der Waals surface area contributed by atoms with Crippen LogP contribution in [0, 0.1) is 0 Å². The highest BCUT2D eigenvalue weighted by Gasteiger charge is 2.36. The van der Waals surface area contributed by atoms with Crippen LogP contribution in [0.15, 0.2) is 24.3 Å². The average Bonchev–Trinajstić information content (AvgIpc) is 2.77. The maximum absolute atomic E-state index is 12.2. The van der Waals surface area contributed by atoms with E-state index in [1.807, 2.05) is 32.3 Å². The van der Waals surface area contributed by atoms with Crippen molar-refractivity contribution in [2.45, 2.75) is 37.8 Å². The standard InChI is InChI=1S/C15H23N3O/c1-18(2)11-12-6-5-7-13(10-12)17-14(19)15(16)8-3-4-9-15/h5-7,10H,3-4,8-9,11,16H2,1-2H3,(H,17,19). The fourth-order valence-electron chi connectivity index (χ4n) is 2.60. The number of rotatable bonds is 4. The second-order valence-corrected chi connectivity index (χ2v) is 5.76. The maximum atomic E-state index is 12.2. The molecule has 0 unspecified atom stereocenters. The Hall–Kier alpha value is -1.39. The fourth-order valence-corrected chi connectivity index (χ4v) is 2.60. The summed E-state index contributed by atoms with van der Waals surface area (Å²) < 4.78 is 0. The number of nitrogens with one attached hydrogen (secondary N) is 1. The number of nitrogens with two attached hydrogens (primary N) is 1. The Morgan fingerprint density at radius 1 is 1.37 bits per heavy atom. The van der Waals surface area contributed by atoms with Crippen molar-refractivity contribution in [1.29, 1.82) is 0 Å². The molecule has 1 aliphatic rings. The SMILES string of the molecule is CN(C)Cc1cccc(NC(=O)C2(N)CCCC2)c1. The van der Waals surface area contributed by atoms with Gasteiger partial charge in [0.15, 0.2) is 0 Å². The van der Waals surface area contributed by atoms with Crippen molar-refractivity contribution >= 4 is 11.6 Å². The van der Waals surface area contributed by atoms with E-state index < -0.39 is 5.54 Å². The van der Waals surface area contributed by atoms with Gasteiger partial charge in [-0.2, -0.15) is 0 Å². The molecule has 0 heterocycles. The zero-order valence-electron chi connectivity index (χ0n) is 11.8. The number of nitrogens with zero attached hydrogens (tertiary/aromatic N) is 1. The highest BCUT2D eigenvalue weighted by atomic mass is 16.2. The van der Waals surface area contributed by atoms with E-state index >= 15 is 0 Å². The molecule has 1 aromatic carbocycles. The van der Waals surface area contributed by atoms with Crippen LogP contribution in [0.5, 0.6) is 0 Å². The predicted molar refractivity (Wildman–Crippen MR) is 77.8 cm³/mol. The summed E-state index contributed by atoms with van der Waals surface area (Å²) in [4.78, 5) is 14.3. The van der Waals surface area contributed by atoms with E-state index in [0.717, 1.165) is 37.9 Å². The molecule has 1 aliphatic carbocycles. The maximum Gasteiger partial charge on any atom is 0.244 e. The summed E-state index contributed by atoms with van der Waals surface area (Å²) in [6.45, 7) is 0.859. The molecule has 0 radical (unpaired) electrons. The van der Waals surface area contributed by atoms with Gasteiger partial charge in [-0.3, -0.25) is 4.79 Å². The largest absolute Gasteiger partial charge is 0.324 e. The molecule has 1 saturated carbocycles. The van der Waals surface area contributed by atoms with E-state index in [4.69, 9.17) is 5.73 Å². The Balaban J connectivity index is 2.04. The lowest BCUT2D eigenvalue weighted by molar-refractivity contribution is -0.121. The zero-order chi connectivity index (χ0) is 13.9. The molecule has 104 valence electrons. The Morgan fingerprint density at radius 2 is 2.05 bits per heavy atom. The van der Waals surface area contributed by atoms with Gasteiger partial charge in [-0.15, -0.1) is 0 Å². The summed E-state index contributed by atoms with van der Waals surface area (Å²) in [5, 5.41) is 2.96. The van der Waals surface area contributed by atoms with Crippen molar-refractivity contribution in [3.8, 4) is 0 Å². The van der Waals surface area contributed by atoms with Gasteiger partial charge in [0.05, 0.1) is 5.54 Å². The van der Waals surface area contributed by atoms with Crippen LogP contribution in [0.25, 0.3) is 0 Å². The summed E-state index contributed by atoms with van der Waals surface area (Å²) in [5.41, 5.74) is 7.50. The first kappa shape index (κ1) is 14.0. The molecule has 1 amide bonds. The molecule has 0 saturated heterocycles. The fraction of sp³-hybridized carbons (Fsp3) is 0.533. The molecule has 0 aliphatic heterocycles. The minimum absolute atomic E-state index is 0.0491. The molecule has 0 aromatic heterocycles. The van der Waals surface area contributed by atoms with E-state index in [2.05, 4.69) is 16.3 Å². The summed E-state index contributed by atoms with van der Waals surface area (Å²) in [7, 11) is 4.05. The van der Waals surface area contributed by atoms with Crippen molar-refractivity contribution < 1.29 is 4.79 Å². The molecule has 0 bridgehead atoms. The molecular formula is C15H23N3O. The second-order valence-electron chi connectivity index (χ2n) is 5.76. The van der Waals surface area contributed by atoms with Gasteiger partial charge in [-0.25, -0.2) is 0 Å². The first-order valence-electron chi connectivity index (χ1n) is 6.84. The first-order chi connectivity index (χ1) is 8.99. The van der Waals surface area contributed by atoms with Crippen LogP contribution in [-0.4, -0.2) is 30.4 Å². The Labute approximate surface area is 115 Å². The van der Waals surface area contributed by atoms with Gasteiger partial charge in [0.25, 0.3) is 0 Å². The molecular weight excluding hydrogens is 238 g/mol. The Kier molecular flexibility index (Phi) is 4.22. The van der Waals surface area contributed by atoms with Crippen LogP contribution in [0.3, 0.4) is 0 Å². The summed E-state index contributed by atoms with van der Waals surface area (Å²) in [6.07, 6.45) is 3.67. The van der Waals surface area contributed by atoms with Crippen molar-refractivity contribution in [1.82, 2.24) is 4.90 Å². The average molecular weight is 261 g/mol. The van der Waals surface area contributed by atoms with Crippen LogP contribution in [0.4, 0.5) is 5.69 Å². The number of hydrogen-bond donors (Lipinski definition) is 2. The minimum Gasteiger partial charge on any atom is -0.324 e. The minimum atomic E-state index is -0.669. The van der Waals surface area contributed by atoms with Crippen LogP contribution >= 0.6 is 0 Å². The zero-order valence-corrected chi connectivity index (χ0v) is 11.8. The highest BCUT2D eigenvalue weighted by molar-refractivity contribution is 5.98. The van der Waals surface area contributed by atoms with Crippen LogP contribution < -0.4 is 11.1 Å². The normalized spacial score (nSPS) is 17.7. The number of benzene rings is 1. The number of carbonyl (C=O) groups excluding carboxylic acids is 1. The number of hydrogen-bond acceptors (Lipinski definition) is 3. The summed E-state index contributed by atoms with van der Waals surface area (Å²) in [5.74, 6) is -0.0491. The number of anilines is 1. The molecule has 1 fully saturated rings. The second kappa shape index (κ2) is 5.72. The van der Waals surface area contributed by atoms with Crippen molar-refractivity contribution in [3.63, 3.8) is 0 Å². The van der Waals surface area contributed by atoms with Crippen LogP contribution in [0.2, 0.25) is 0 Å². The molecule has 0 spiro atoms. The van der Waals surface area contributed by atoms with E-state index in [9.17, 15) is 4.79 Å².